The average molecular weight is 465 g/mol. The zero-order chi connectivity index (χ0) is 24.5. The van der Waals surface area contributed by atoms with E-state index in [1.807, 2.05) is 31.2 Å². The molecule has 180 valence electrons. The van der Waals surface area contributed by atoms with Gasteiger partial charge < -0.3 is 20.1 Å². The summed E-state index contributed by atoms with van der Waals surface area (Å²) in [7, 11) is 0. The van der Waals surface area contributed by atoms with E-state index in [1.165, 1.54) is 4.90 Å². The molecular formula is C27H32N2O5. The lowest BCUT2D eigenvalue weighted by Gasteiger charge is -2.35. The number of aliphatic carboxylic acids is 1. The molecule has 2 N–H and O–H groups in total. The van der Waals surface area contributed by atoms with Crippen molar-refractivity contribution in [2.24, 2.45) is 11.8 Å². The van der Waals surface area contributed by atoms with Gasteiger partial charge in [-0.25, -0.2) is 4.79 Å². The van der Waals surface area contributed by atoms with E-state index in [2.05, 4.69) is 29.6 Å². The second kappa shape index (κ2) is 9.49. The Hall–Kier alpha value is -3.35. The standard InChI is InChI=1S/C27H32N2O5/c1-4-29(15-17(2)24(30)31)25(32)27(3,18-13-14-18)28-26(33)34-16-23-21-11-7-5-9-19(21)20-10-6-8-12-22(20)23/h5-12,17-18,23H,4,13-16H2,1-3H3,(H,28,33)(H,30,31). The molecule has 2 aromatic carbocycles. The molecular weight excluding hydrogens is 432 g/mol. The molecule has 2 atom stereocenters. The molecule has 7 heteroatoms. The Morgan fingerprint density at radius 2 is 1.65 bits per heavy atom. The van der Waals surface area contributed by atoms with Crippen molar-refractivity contribution in [2.75, 3.05) is 19.7 Å². The number of carboxylic acid groups (broad SMARTS) is 1. The first kappa shape index (κ1) is 23.8. The van der Waals surface area contributed by atoms with Crippen LogP contribution in [0.4, 0.5) is 4.79 Å². The van der Waals surface area contributed by atoms with E-state index >= 15 is 0 Å². The van der Waals surface area contributed by atoms with Crippen molar-refractivity contribution >= 4 is 18.0 Å². The summed E-state index contributed by atoms with van der Waals surface area (Å²) in [5, 5.41) is 12.1. The van der Waals surface area contributed by atoms with Crippen LogP contribution in [-0.4, -0.2) is 53.2 Å². The summed E-state index contributed by atoms with van der Waals surface area (Å²) < 4.78 is 5.68. The van der Waals surface area contributed by atoms with Gasteiger partial charge in [0.05, 0.1) is 5.92 Å². The number of rotatable bonds is 9. The lowest BCUT2D eigenvalue weighted by Crippen LogP contribution is -2.60. The fraction of sp³-hybridized carbons (Fsp3) is 0.444. The quantitative estimate of drug-likeness (QED) is 0.578. The highest BCUT2D eigenvalue weighted by molar-refractivity contribution is 5.91. The van der Waals surface area contributed by atoms with Crippen LogP contribution in [0.25, 0.3) is 11.1 Å². The predicted octanol–water partition coefficient (Wildman–Crippen LogP) is 4.26. The number of likely N-dealkylation sites (N-methyl/N-ethyl adjacent to an activating group) is 1. The molecule has 0 spiro atoms. The summed E-state index contributed by atoms with van der Waals surface area (Å²) in [5.41, 5.74) is 3.42. The molecule has 0 bridgehead atoms. The van der Waals surface area contributed by atoms with Crippen molar-refractivity contribution in [1.29, 1.82) is 0 Å². The fourth-order valence-electron chi connectivity index (χ4n) is 4.93. The highest BCUT2D eigenvalue weighted by Crippen LogP contribution is 2.45. The number of hydrogen-bond acceptors (Lipinski definition) is 4. The van der Waals surface area contributed by atoms with Crippen molar-refractivity contribution in [3.05, 3.63) is 59.7 Å². The summed E-state index contributed by atoms with van der Waals surface area (Å²) in [5.74, 6) is -1.97. The van der Waals surface area contributed by atoms with Gasteiger partial charge in [-0.2, -0.15) is 0 Å². The Balaban J connectivity index is 1.46. The average Bonchev–Trinajstić information content (AvgIpc) is 3.64. The van der Waals surface area contributed by atoms with Gasteiger partial charge in [0.15, 0.2) is 0 Å². The number of nitrogens with zero attached hydrogens (tertiary/aromatic N) is 1. The molecule has 0 radical (unpaired) electrons. The molecule has 1 saturated carbocycles. The van der Waals surface area contributed by atoms with Gasteiger partial charge in [-0.1, -0.05) is 55.5 Å². The van der Waals surface area contributed by atoms with Crippen LogP contribution < -0.4 is 5.32 Å². The van der Waals surface area contributed by atoms with Crippen LogP contribution in [0.3, 0.4) is 0 Å². The Bertz CT molecular complexity index is 1050. The van der Waals surface area contributed by atoms with E-state index in [0.717, 1.165) is 35.1 Å². The maximum Gasteiger partial charge on any atom is 0.408 e. The molecule has 2 unspecified atom stereocenters. The Labute approximate surface area is 200 Å². The molecule has 4 rings (SSSR count). The number of hydrogen-bond donors (Lipinski definition) is 2. The van der Waals surface area contributed by atoms with Crippen LogP contribution >= 0.6 is 0 Å². The molecule has 0 aliphatic heterocycles. The van der Waals surface area contributed by atoms with E-state index in [9.17, 15) is 19.5 Å². The number of carboxylic acids is 1. The number of benzene rings is 2. The summed E-state index contributed by atoms with van der Waals surface area (Å²) in [6.07, 6.45) is 1.03. The van der Waals surface area contributed by atoms with Crippen molar-refractivity contribution in [3.8, 4) is 11.1 Å². The van der Waals surface area contributed by atoms with Crippen LogP contribution in [-0.2, 0) is 14.3 Å². The predicted molar refractivity (Wildman–Crippen MR) is 128 cm³/mol. The Morgan fingerprint density at radius 3 is 2.15 bits per heavy atom. The summed E-state index contributed by atoms with van der Waals surface area (Å²) >= 11 is 0. The Kier molecular flexibility index (Phi) is 6.64. The smallest absolute Gasteiger partial charge is 0.408 e. The SMILES string of the molecule is CCN(CC(C)C(=O)O)C(=O)C(C)(NC(=O)OCC1c2ccccc2-c2ccccc21)C1CC1. The normalized spacial score (nSPS) is 17.1. The molecule has 0 aromatic heterocycles. The maximum absolute atomic E-state index is 13.4. The molecule has 2 aliphatic rings. The second-order valence-corrected chi connectivity index (χ2v) is 9.51. The van der Waals surface area contributed by atoms with Crippen molar-refractivity contribution in [1.82, 2.24) is 10.2 Å². The van der Waals surface area contributed by atoms with Crippen LogP contribution in [0.15, 0.2) is 48.5 Å². The van der Waals surface area contributed by atoms with Gasteiger partial charge in [-0.3, -0.25) is 9.59 Å². The van der Waals surface area contributed by atoms with Gasteiger partial charge >= 0.3 is 12.1 Å². The second-order valence-electron chi connectivity index (χ2n) is 9.51. The lowest BCUT2D eigenvalue weighted by atomic mass is 9.93. The molecule has 0 heterocycles. The third-order valence-electron chi connectivity index (χ3n) is 7.13. The number of carbonyl (C=O) groups excluding carboxylic acids is 2. The molecule has 2 amide bonds. The number of fused-ring (bicyclic) bond motifs is 3. The van der Waals surface area contributed by atoms with Crippen LogP contribution in [0.1, 0.15) is 50.7 Å². The number of nitrogens with one attached hydrogen (secondary N) is 1. The maximum atomic E-state index is 13.4. The van der Waals surface area contributed by atoms with E-state index in [4.69, 9.17) is 4.74 Å². The van der Waals surface area contributed by atoms with E-state index in [1.54, 1.807) is 13.8 Å². The molecule has 2 aliphatic carbocycles. The van der Waals surface area contributed by atoms with Crippen molar-refractivity contribution < 1.29 is 24.2 Å². The first-order valence-corrected chi connectivity index (χ1v) is 11.9. The molecule has 1 fully saturated rings. The molecule has 7 nitrogen and oxygen atoms in total. The zero-order valence-corrected chi connectivity index (χ0v) is 19.9. The van der Waals surface area contributed by atoms with E-state index in [-0.39, 0.29) is 30.9 Å². The van der Waals surface area contributed by atoms with Gasteiger partial charge in [-0.15, -0.1) is 0 Å². The number of ether oxygens (including phenoxy) is 1. The van der Waals surface area contributed by atoms with Crippen LogP contribution in [0.2, 0.25) is 0 Å². The minimum absolute atomic E-state index is 0.00895. The number of alkyl carbamates (subject to hydrolysis) is 1. The summed E-state index contributed by atoms with van der Waals surface area (Å²) in [4.78, 5) is 39.2. The Morgan fingerprint density at radius 1 is 1.09 bits per heavy atom. The van der Waals surface area contributed by atoms with Gasteiger partial charge in [0.25, 0.3) is 0 Å². The minimum Gasteiger partial charge on any atom is -0.481 e. The number of carbonyl (C=O) groups is 3. The van der Waals surface area contributed by atoms with Crippen LogP contribution in [0.5, 0.6) is 0 Å². The highest BCUT2D eigenvalue weighted by atomic mass is 16.5. The zero-order valence-electron chi connectivity index (χ0n) is 19.9. The van der Waals surface area contributed by atoms with Crippen LogP contribution in [0, 0.1) is 11.8 Å². The third-order valence-corrected chi connectivity index (χ3v) is 7.13. The number of amides is 2. The molecule has 34 heavy (non-hydrogen) atoms. The van der Waals surface area contributed by atoms with Gasteiger partial charge in [-0.05, 0) is 54.9 Å². The monoisotopic (exact) mass is 464 g/mol. The van der Waals surface area contributed by atoms with E-state index < -0.39 is 23.5 Å². The summed E-state index contributed by atoms with van der Waals surface area (Å²) in [6, 6.07) is 16.2. The van der Waals surface area contributed by atoms with E-state index in [0.29, 0.717) is 6.54 Å². The van der Waals surface area contributed by atoms with Crippen molar-refractivity contribution in [3.63, 3.8) is 0 Å². The van der Waals surface area contributed by atoms with Crippen molar-refractivity contribution in [2.45, 2.75) is 45.1 Å². The van der Waals surface area contributed by atoms with Gasteiger partial charge in [0.1, 0.15) is 12.1 Å². The first-order chi connectivity index (χ1) is 16.3. The largest absolute Gasteiger partial charge is 0.481 e. The molecule has 2 aromatic rings. The lowest BCUT2D eigenvalue weighted by molar-refractivity contribution is -0.145. The highest BCUT2D eigenvalue weighted by Gasteiger charge is 2.50. The minimum atomic E-state index is -1.13. The fourth-order valence-corrected chi connectivity index (χ4v) is 4.93. The summed E-state index contributed by atoms with van der Waals surface area (Å²) in [6.45, 7) is 5.74. The topological polar surface area (TPSA) is 95.9 Å². The molecule has 0 saturated heterocycles. The third kappa shape index (κ3) is 4.52. The van der Waals surface area contributed by atoms with Gasteiger partial charge in [0.2, 0.25) is 5.91 Å². The first-order valence-electron chi connectivity index (χ1n) is 11.9. The van der Waals surface area contributed by atoms with Gasteiger partial charge in [0, 0.05) is 19.0 Å².